The first-order valence-electron chi connectivity index (χ1n) is 16.6. The number of rotatable bonds is 15. The Kier molecular flexibility index (Phi) is 11.3. The Bertz CT molecular complexity index is 1090. The largest absolute Gasteiger partial charge is 0.422 e. The normalized spacial score (nSPS) is 28.2. The third-order valence-electron chi connectivity index (χ3n) is 10.5. The Morgan fingerprint density at radius 1 is 1.07 bits per heavy atom. The van der Waals surface area contributed by atoms with Crippen LogP contribution in [0.5, 0.6) is 0 Å². The number of hydrogen-bond donors (Lipinski definition) is 0. The van der Waals surface area contributed by atoms with Gasteiger partial charge in [0, 0.05) is 38.8 Å². The molecule has 4 aliphatic carbocycles. The standard InChI is InChI=1S/C36H53NO4/c1-5-6-23-37(4)34(40)16-14-12-10-8-7-9-11-13-15-27-24-28-25-29(41-26(2)38)17-18-30(28)31-21-22-36(3)32(35(27)31)19-20-33(36)39/h18-20,27,31-32,35H,5-16,21-25H2,1-4H3/t27-,31?,32?,35?,36+/m1/s1. The Morgan fingerprint density at radius 2 is 1.78 bits per heavy atom. The highest BCUT2D eigenvalue weighted by molar-refractivity contribution is 5.97. The molecule has 0 N–H and O–H groups in total. The molecule has 41 heavy (non-hydrogen) atoms. The van der Waals surface area contributed by atoms with Crippen LogP contribution >= 0.6 is 0 Å². The summed E-state index contributed by atoms with van der Waals surface area (Å²) in [5, 5.41) is 0. The smallest absolute Gasteiger partial charge is 0.308 e. The molecule has 0 aromatic rings. The quantitative estimate of drug-likeness (QED) is 0.114. The number of ketones is 1. The van der Waals surface area contributed by atoms with Gasteiger partial charge in [-0.3, -0.25) is 14.4 Å². The Hall–Kier alpha value is -2.39. The lowest BCUT2D eigenvalue weighted by Gasteiger charge is -2.52. The topological polar surface area (TPSA) is 63.7 Å². The van der Waals surface area contributed by atoms with E-state index in [1.807, 2.05) is 18.0 Å². The SMILES string of the molecule is CCCCN(C)C(=O)CCCCCCCCCC[C@@H]1CC2=C(C=C=C(OC(C)=O)C2)C2CC[C@]3(C)C(=O)C=CC3C21. The van der Waals surface area contributed by atoms with Crippen LogP contribution in [-0.4, -0.2) is 36.2 Å². The monoisotopic (exact) mass is 563 g/mol. The second-order valence-corrected chi connectivity index (χ2v) is 13.4. The average molecular weight is 564 g/mol. The summed E-state index contributed by atoms with van der Waals surface area (Å²) in [5.41, 5.74) is 5.87. The zero-order valence-corrected chi connectivity index (χ0v) is 26.1. The van der Waals surface area contributed by atoms with Crippen LogP contribution in [0.15, 0.2) is 40.9 Å². The summed E-state index contributed by atoms with van der Waals surface area (Å²) >= 11 is 0. The van der Waals surface area contributed by atoms with Crippen molar-refractivity contribution in [2.75, 3.05) is 13.6 Å². The van der Waals surface area contributed by atoms with E-state index < -0.39 is 0 Å². The Labute approximate surface area is 248 Å². The van der Waals surface area contributed by atoms with Crippen LogP contribution in [0.25, 0.3) is 0 Å². The van der Waals surface area contributed by atoms with Gasteiger partial charge in [-0.05, 0) is 79.9 Å². The summed E-state index contributed by atoms with van der Waals surface area (Å²) < 4.78 is 5.43. The van der Waals surface area contributed by atoms with Crippen LogP contribution in [0.1, 0.15) is 124 Å². The number of fused-ring (bicyclic) bond motifs is 4. The molecule has 5 nitrogen and oxygen atoms in total. The highest BCUT2D eigenvalue weighted by atomic mass is 16.5. The number of carbonyl (C=O) groups is 3. The van der Waals surface area contributed by atoms with E-state index in [1.54, 1.807) is 0 Å². The molecular weight excluding hydrogens is 510 g/mol. The fraction of sp³-hybridized carbons (Fsp3) is 0.722. The molecule has 0 radical (unpaired) electrons. The van der Waals surface area contributed by atoms with Gasteiger partial charge in [-0.1, -0.05) is 82.6 Å². The lowest BCUT2D eigenvalue weighted by Crippen LogP contribution is -2.47. The summed E-state index contributed by atoms with van der Waals surface area (Å²) in [6, 6.07) is 0. The molecule has 1 fully saturated rings. The predicted molar refractivity (Wildman–Crippen MR) is 164 cm³/mol. The van der Waals surface area contributed by atoms with Gasteiger partial charge in [-0.2, -0.15) is 0 Å². The van der Waals surface area contributed by atoms with Gasteiger partial charge in [0.2, 0.25) is 5.91 Å². The highest BCUT2D eigenvalue weighted by Gasteiger charge is 2.55. The maximum absolute atomic E-state index is 12.9. The third kappa shape index (κ3) is 7.72. The molecule has 0 aromatic carbocycles. The van der Waals surface area contributed by atoms with Crippen molar-refractivity contribution in [3.63, 3.8) is 0 Å². The molecule has 4 rings (SSSR count). The molecule has 5 atom stereocenters. The van der Waals surface area contributed by atoms with Crippen molar-refractivity contribution >= 4 is 17.7 Å². The number of carbonyl (C=O) groups excluding carboxylic acids is 3. The minimum Gasteiger partial charge on any atom is -0.422 e. The highest BCUT2D eigenvalue weighted by Crippen LogP contribution is 2.59. The summed E-state index contributed by atoms with van der Waals surface area (Å²) in [7, 11) is 1.93. The van der Waals surface area contributed by atoms with E-state index in [4.69, 9.17) is 4.74 Å². The van der Waals surface area contributed by atoms with Gasteiger partial charge in [-0.15, -0.1) is 0 Å². The van der Waals surface area contributed by atoms with Crippen LogP contribution < -0.4 is 0 Å². The Morgan fingerprint density at radius 3 is 2.49 bits per heavy atom. The van der Waals surface area contributed by atoms with Gasteiger partial charge in [0.05, 0.1) is 0 Å². The maximum Gasteiger partial charge on any atom is 0.308 e. The van der Waals surface area contributed by atoms with Crippen molar-refractivity contribution in [1.29, 1.82) is 0 Å². The first kappa shape index (κ1) is 31.5. The fourth-order valence-corrected chi connectivity index (χ4v) is 8.09. The van der Waals surface area contributed by atoms with Crippen molar-refractivity contribution in [3.8, 4) is 0 Å². The molecule has 1 saturated carbocycles. The van der Waals surface area contributed by atoms with Crippen molar-refractivity contribution in [1.82, 2.24) is 4.90 Å². The van der Waals surface area contributed by atoms with Crippen LogP contribution in [-0.2, 0) is 19.1 Å². The van der Waals surface area contributed by atoms with Gasteiger partial charge < -0.3 is 9.64 Å². The molecular formula is C36H53NO4. The minimum absolute atomic E-state index is 0.232. The van der Waals surface area contributed by atoms with Crippen molar-refractivity contribution in [3.05, 3.63) is 40.9 Å². The number of ether oxygens (including phenoxy) is 1. The van der Waals surface area contributed by atoms with E-state index in [9.17, 15) is 14.4 Å². The number of unbranched alkanes of at least 4 members (excludes halogenated alkanes) is 8. The Balaban J connectivity index is 1.23. The van der Waals surface area contributed by atoms with Crippen LogP contribution in [0.4, 0.5) is 0 Å². The molecule has 226 valence electrons. The van der Waals surface area contributed by atoms with Crippen molar-refractivity contribution < 1.29 is 19.1 Å². The summed E-state index contributed by atoms with van der Waals surface area (Å²) in [5.74, 6) is 2.87. The maximum atomic E-state index is 12.9. The number of allylic oxidation sites excluding steroid dienone is 4. The molecule has 0 aliphatic heterocycles. The van der Waals surface area contributed by atoms with Gasteiger partial charge in [0.15, 0.2) is 11.5 Å². The second-order valence-electron chi connectivity index (χ2n) is 13.4. The first-order valence-corrected chi connectivity index (χ1v) is 16.6. The number of amides is 1. The molecule has 0 spiro atoms. The van der Waals surface area contributed by atoms with Crippen molar-refractivity contribution in [2.45, 2.75) is 124 Å². The van der Waals surface area contributed by atoms with Crippen LogP contribution in [0, 0.1) is 29.1 Å². The van der Waals surface area contributed by atoms with Gasteiger partial charge in [0.25, 0.3) is 0 Å². The summed E-state index contributed by atoms with van der Waals surface area (Å²) in [6.07, 6.45) is 23.7. The van der Waals surface area contributed by atoms with E-state index in [2.05, 4.69) is 31.7 Å². The molecule has 1 amide bonds. The fourth-order valence-electron chi connectivity index (χ4n) is 8.09. The van der Waals surface area contributed by atoms with Gasteiger partial charge in [0.1, 0.15) is 0 Å². The minimum atomic E-state index is -0.276. The lowest BCUT2D eigenvalue weighted by atomic mass is 9.51. The molecule has 5 heteroatoms. The lowest BCUT2D eigenvalue weighted by molar-refractivity contribution is -0.137. The average Bonchev–Trinajstić information content (AvgIpc) is 3.25. The van der Waals surface area contributed by atoms with Crippen LogP contribution in [0.2, 0.25) is 0 Å². The van der Waals surface area contributed by atoms with E-state index in [1.165, 1.54) is 63.0 Å². The van der Waals surface area contributed by atoms with E-state index in [-0.39, 0.29) is 11.4 Å². The second kappa shape index (κ2) is 14.7. The summed E-state index contributed by atoms with van der Waals surface area (Å²) in [6.45, 7) is 6.70. The van der Waals surface area contributed by atoms with E-state index in [0.29, 0.717) is 54.0 Å². The van der Waals surface area contributed by atoms with Crippen molar-refractivity contribution in [2.24, 2.45) is 29.1 Å². The zero-order valence-electron chi connectivity index (χ0n) is 26.1. The van der Waals surface area contributed by atoms with E-state index >= 15 is 0 Å². The zero-order chi connectivity index (χ0) is 29.4. The molecule has 0 aromatic heterocycles. The van der Waals surface area contributed by atoms with Crippen LogP contribution in [0.3, 0.4) is 0 Å². The summed E-state index contributed by atoms with van der Waals surface area (Å²) in [4.78, 5) is 38.5. The predicted octanol–water partition coefficient (Wildman–Crippen LogP) is 8.26. The number of esters is 1. The molecule has 3 unspecified atom stereocenters. The van der Waals surface area contributed by atoms with Gasteiger partial charge >= 0.3 is 5.97 Å². The first-order chi connectivity index (χ1) is 19.7. The molecule has 0 saturated heterocycles. The van der Waals surface area contributed by atoms with E-state index in [0.717, 1.165) is 51.5 Å². The van der Waals surface area contributed by atoms with Gasteiger partial charge in [-0.25, -0.2) is 0 Å². The molecule has 0 heterocycles. The molecule has 0 bridgehead atoms. The molecule has 4 aliphatic rings. The number of hydrogen-bond acceptors (Lipinski definition) is 4. The third-order valence-corrected chi connectivity index (χ3v) is 10.5. The number of nitrogens with zero attached hydrogens (tertiary/aromatic N) is 1.